The van der Waals surface area contributed by atoms with Gasteiger partial charge in [0, 0.05) is 12.4 Å². The van der Waals surface area contributed by atoms with Crippen LogP contribution in [0.3, 0.4) is 0 Å². The number of nitrogens with one attached hydrogen (secondary N) is 1. The maximum Gasteiger partial charge on any atom is 0.243 e. The molecule has 1 amide bonds. The first-order valence-electron chi connectivity index (χ1n) is 3.71. The zero-order chi connectivity index (χ0) is 9.68. The maximum absolute atomic E-state index is 11.1. The van der Waals surface area contributed by atoms with E-state index in [1.165, 1.54) is 19.3 Å². The summed E-state index contributed by atoms with van der Waals surface area (Å²) >= 11 is 0. The second-order valence-electron chi connectivity index (χ2n) is 2.41. The zero-order valence-corrected chi connectivity index (χ0v) is 7.06. The molecule has 66 valence electrons. The number of carbonyl (C=O) groups excluding carboxylic acids is 1. The number of rotatable bonds is 2. The molecule has 0 bridgehead atoms. The molecular weight excluding hydrogens is 168 g/mol. The Kier molecular flexibility index (Phi) is 2.92. The Bertz CT molecular complexity index is 330. The first kappa shape index (κ1) is 9.13. The molecule has 0 aliphatic rings. The highest BCUT2D eigenvalue weighted by Crippen LogP contribution is 1.99. The van der Waals surface area contributed by atoms with E-state index in [2.05, 4.69) is 15.3 Å². The molecule has 1 atom stereocenters. The van der Waals surface area contributed by atoms with Crippen molar-refractivity contribution in [1.29, 1.82) is 5.26 Å². The van der Waals surface area contributed by atoms with Gasteiger partial charge < -0.3 is 0 Å². The van der Waals surface area contributed by atoms with Crippen molar-refractivity contribution in [2.45, 2.75) is 6.92 Å². The number of nitrogens with zero attached hydrogens (tertiary/aromatic N) is 3. The Morgan fingerprint density at radius 3 is 2.77 bits per heavy atom. The van der Waals surface area contributed by atoms with E-state index in [1.807, 2.05) is 6.07 Å². The van der Waals surface area contributed by atoms with Gasteiger partial charge in [0.05, 0.1) is 6.07 Å². The Morgan fingerprint density at radius 1 is 1.62 bits per heavy atom. The number of aromatic nitrogens is 2. The topological polar surface area (TPSA) is 78.7 Å². The lowest BCUT2D eigenvalue weighted by Crippen LogP contribution is -2.20. The van der Waals surface area contributed by atoms with Crippen molar-refractivity contribution in [3.8, 4) is 6.07 Å². The van der Waals surface area contributed by atoms with Crippen molar-refractivity contribution in [1.82, 2.24) is 9.97 Å². The van der Waals surface area contributed by atoms with E-state index in [9.17, 15) is 4.79 Å². The molecule has 0 saturated heterocycles. The fourth-order valence-corrected chi connectivity index (χ4v) is 0.641. The molecule has 1 rings (SSSR count). The largest absolute Gasteiger partial charge is 0.293 e. The summed E-state index contributed by atoms with van der Waals surface area (Å²) in [5, 5.41) is 10.8. The predicted octanol–water partition coefficient (Wildman–Crippen LogP) is 0.575. The number of carbonyl (C=O) groups is 1. The third kappa shape index (κ3) is 2.52. The van der Waals surface area contributed by atoms with Crippen LogP contribution >= 0.6 is 0 Å². The second-order valence-corrected chi connectivity index (χ2v) is 2.41. The van der Waals surface area contributed by atoms with Crippen molar-refractivity contribution in [3.05, 3.63) is 18.5 Å². The quantitative estimate of drug-likeness (QED) is 0.714. The highest BCUT2D eigenvalue weighted by molar-refractivity contribution is 5.92. The first-order valence-corrected chi connectivity index (χ1v) is 3.71. The zero-order valence-electron chi connectivity index (χ0n) is 7.06. The summed E-state index contributed by atoms with van der Waals surface area (Å²) in [6, 6.07) is 3.46. The van der Waals surface area contributed by atoms with Crippen molar-refractivity contribution >= 4 is 11.9 Å². The minimum Gasteiger partial charge on any atom is -0.293 e. The summed E-state index contributed by atoms with van der Waals surface area (Å²) in [4.78, 5) is 18.7. The van der Waals surface area contributed by atoms with Crippen molar-refractivity contribution in [3.63, 3.8) is 0 Å². The Balaban J connectivity index is 2.62. The fraction of sp³-hybridized carbons (Fsp3) is 0.250. The van der Waals surface area contributed by atoms with Crippen LogP contribution in [-0.2, 0) is 4.79 Å². The molecule has 0 aromatic carbocycles. The van der Waals surface area contributed by atoms with Gasteiger partial charge in [0.2, 0.25) is 11.9 Å². The van der Waals surface area contributed by atoms with E-state index < -0.39 is 11.8 Å². The monoisotopic (exact) mass is 176 g/mol. The van der Waals surface area contributed by atoms with Gasteiger partial charge in [-0.3, -0.25) is 10.1 Å². The van der Waals surface area contributed by atoms with E-state index in [-0.39, 0.29) is 5.95 Å². The van der Waals surface area contributed by atoms with Gasteiger partial charge in [-0.2, -0.15) is 5.26 Å². The highest BCUT2D eigenvalue weighted by atomic mass is 16.2. The molecule has 0 saturated carbocycles. The van der Waals surface area contributed by atoms with Crippen molar-refractivity contribution in [2.24, 2.45) is 5.92 Å². The summed E-state index contributed by atoms with van der Waals surface area (Å²) in [6.45, 7) is 1.51. The molecule has 1 N–H and O–H groups in total. The average Bonchev–Trinajstić information content (AvgIpc) is 2.18. The van der Waals surface area contributed by atoms with E-state index in [4.69, 9.17) is 5.26 Å². The lowest BCUT2D eigenvalue weighted by molar-refractivity contribution is -0.118. The van der Waals surface area contributed by atoms with Gasteiger partial charge in [-0.15, -0.1) is 0 Å². The molecule has 0 aliphatic heterocycles. The van der Waals surface area contributed by atoms with Crippen molar-refractivity contribution < 1.29 is 4.79 Å². The number of hydrogen-bond acceptors (Lipinski definition) is 4. The molecule has 0 fully saturated rings. The number of amides is 1. The summed E-state index contributed by atoms with van der Waals surface area (Å²) in [7, 11) is 0. The summed E-state index contributed by atoms with van der Waals surface area (Å²) in [5.74, 6) is -0.868. The third-order valence-electron chi connectivity index (χ3n) is 1.39. The van der Waals surface area contributed by atoms with Crippen molar-refractivity contribution in [2.75, 3.05) is 5.32 Å². The van der Waals surface area contributed by atoms with E-state index in [1.54, 1.807) is 6.07 Å². The minimum absolute atomic E-state index is 0.217. The lowest BCUT2D eigenvalue weighted by Gasteiger charge is -2.02. The predicted molar refractivity (Wildman–Crippen MR) is 45.4 cm³/mol. The molecular formula is C8H8N4O. The van der Waals surface area contributed by atoms with Crippen LogP contribution < -0.4 is 5.32 Å². The molecule has 0 radical (unpaired) electrons. The number of hydrogen-bond donors (Lipinski definition) is 1. The summed E-state index contributed by atoms with van der Waals surface area (Å²) < 4.78 is 0. The van der Waals surface area contributed by atoms with Gasteiger partial charge >= 0.3 is 0 Å². The average molecular weight is 176 g/mol. The van der Waals surface area contributed by atoms with Gasteiger partial charge in [0.15, 0.2) is 0 Å². The Hall–Kier alpha value is -1.96. The molecule has 1 heterocycles. The van der Waals surface area contributed by atoms with Crippen LogP contribution in [0.15, 0.2) is 18.5 Å². The minimum atomic E-state index is -0.691. The molecule has 5 nitrogen and oxygen atoms in total. The Labute approximate surface area is 75.4 Å². The van der Waals surface area contributed by atoms with Gasteiger partial charge in [-0.1, -0.05) is 0 Å². The van der Waals surface area contributed by atoms with Crippen LogP contribution in [0, 0.1) is 17.2 Å². The number of anilines is 1. The van der Waals surface area contributed by atoms with Gasteiger partial charge in [0.1, 0.15) is 5.92 Å². The molecule has 13 heavy (non-hydrogen) atoms. The van der Waals surface area contributed by atoms with Crippen LogP contribution in [0.5, 0.6) is 0 Å². The second kappa shape index (κ2) is 4.16. The van der Waals surface area contributed by atoms with Crippen LogP contribution in [0.4, 0.5) is 5.95 Å². The van der Waals surface area contributed by atoms with E-state index >= 15 is 0 Å². The summed E-state index contributed by atoms with van der Waals surface area (Å²) in [5.41, 5.74) is 0. The summed E-state index contributed by atoms with van der Waals surface area (Å²) in [6.07, 6.45) is 3.03. The number of nitriles is 1. The molecule has 5 heteroatoms. The van der Waals surface area contributed by atoms with Gasteiger partial charge in [-0.05, 0) is 13.0 Å². The van der Waals surface area contributed by atoms with E-state index in [0.717, 1.165) is 0 Å². The normalized spacial score (nSPS) is 11.4. The molecule has 1 aromatic rings. The van der Waals surface area contributed by atoms with Crippen LogP contribution in [0.1, 0.15) is 6.92 Å². The maximum atomic E-state index is 11.1. The first-order chi connectivity index (χ1) is 6.24. The lowest BCUT2D eigenvalue weighted by atomic mass is 10.2. The molecule has 1 unspecified atom stereocenters. The van der Waals surface area contributed by atoms with E-state index in [0.29, 0.717) is 0 Å². The standard InChI is InChI=1S/C8H8N4O/c1-6(5-9)7(13)12-8-10-3-2-4-11-8/h2-4,6H,1H3,(H,10,11,12,13). The molecule has 1 aromatic heterocycles. The third-order valence-corrected chi connectivity index (χ3v) is 1.39. The molecule has 0 aliphatic carbocycles. The fourth-order valence-electron chi connectivity index (χ4n) is 0.641. The van der Waals surface area contributed by atoms with Gasteiger partial charge in [-0.25, -0.2) is 9.97 Å². The van der Waals surface area contributed by atoms with Crippen LogP contribution in [0.2, 0.25) is 0 Å². The van der Waals surface area contributed by atoms with Crippen LogP contribution in [-0.4, -0.2) is 15.9 Å². The highest BCUT2D eigenvalue weighted by Gasteiger charge is 2.11. The SMILES string of the molecule is CC(C#N)C(=O)Nc1ncccn1. The Morgan fingerprint density at radius 2 is 2.23 bits per heavy atom. The van der Waals surface area contributed by atoms with Gasteiger partial charge in [0.25, 0.3) is 0 Å². The smallest absolute Gasteiger partial charge is 0.243 e. The molecule has 0 spiro atoms. The van der Waals surface area contributed by atoms with Crippen LogP contribution in [0.25, 0.3) is 0 Å².